The first-order chi connectivity index (χ1) is 7.99. The van der Waals surface area contributed by atoms with Crippen LogP contribution in [0.3, 0.4) is 0 Å². The predicted molar refractivity (Wildman–Crippen MR) is 70.1 cm³/mol. The number of rotatable bonds is 2. The van der Waals surface area contributed by atoms with E-state index in [2.05, 4.69) is 0 Å². The molecule has 2 aromatic rings. The SMILES string of the molecule is Cc1ccc(F)c(-n2cc(I)cc2C(=O)O)c1. The van der Waals surface area contributed by atoms with Gasteiger partial charge in [0.15, 0.2) is 0 Å². The van der Waals surface area contributed by atoms with E-state index in [-0.39, 0.29) is 11.4 Å². The maximum atomic E-state index is 13.7. The van der Waals surface area contributed by atoms with Gasteiger partial charge in [0.2, 0.25) is 0 Å². The number of nitrogens with zero attached hydrogens (tertiary/aromatic N) is 1. The van der Waals surface area contributed by atoms with E-state index in [0.29, 0.717) is 0 Å². The van der Waals surface area contributed by atoms with Crippen molar-refractivity contribution in [2.75, 3.05) is 0 Å². The molecule has 0 aliphatic rings. The lowest BCUT2D eigenvalue weighted by Crippen LogP contribution is -2.07. The van der Waals surface area contributed by atoms with Gasteiger partial charge in [0.1, 0.15) is 11.5 Å². The number of aromatic carboxylic acids is 1. The Kier molecular flexibility index (Phi) is 3.19. The van der Waals surface area contributed by atoms with E-state index in [1.807, 2.05) is 29.5 Å². The molecule has 1 aromatic heterocycles. The molecule has 1 heterocycles. The molecule has 2 rings (SSSR count). The number of carboxylic acids is 1. The molecule has 5 heteroatoms. The summed E-state index contributed by atoms with van der Waals surface area (Å²) < 4.78 is 15.8. The van der Waals surface area contributed by atoms with E-state index in [1.165, 1.54) is 16.7 Å². The summed E-state index contributed by atoms with van der Waals surface area (Å²) in [5.74, 6) is -1.51. The average molecular weight is 345 g/mol. The third kappa shape index (κ3) is 2.33. The van der Waals surface area contributed by atoms with Crippen LogP contribution in [0, 0.1) is 16.3 Å². The fourth-order valence-corrected chi connectivity index (χ4v) is 2.18. The first kappa shape index (κ1) is 12.1. The largest absolute Gasteiger partial charge is 0.477 e. The maximum absolute atomic E-state index is 13.7. The fourth-order valence-electron chi connectivity index (χ4n) is 1.60. The molecule has 17 heavy (non-hydrogen) atoms. The minimum absolute atomic E-state index is 0.0545. The molecular formula is C12H9FINO2. The van der Waals surface area contributed by atoms with Crippen LogP contribution in [0.25, 0.3) is 5.69 Å². The Hall–Kier alpha value is -1.37. The number of carboxylic acid groups (broad SMARTS) is 1. The highest BCUT2D eigenvalue weighted by Crippen LogP contribution is 2.21. The molecule has 3 nitrogen and oxygen atoms in total. The van der Waals surface area contributed by atoms with Crippen molar-refractivity contribution < 1.29 is 14.3 Å². The molecule has 0 radical (unpaired) electrons. The molecule has 1 N–H and O–H groups in total. The zero-order valence-electron chi connectivity index (χ0n) is 8.95. The molecule has 0 spiro atoms. The Labute approximate surface area is 111 Å². The molecule has 0 aliphatic heterocycles. The van der Waals surface area contributed by atoms with E-state index < -0.39 is 11.8 Å². The summed E-state index contributed by atoms with van der Waals surface area (Å²) in [6.07, 6.45) is 1.60. The molecule has 0 aliphatic carbocycles. The van der Waals surface area contributed by atoms with Gasteiger partial charge in [0.25, 0.3) is 0 Å². The normalized spacial score (nSPS) is 10.5. The van der Waals surface area contributed by atoms with Crippen LogP contribution in [0.4, 0.5) is 4.39 Å². The second-order valence-electron chi connectivity index (χ2n) is 3.67. The standard InChI is InChI=1S/C12H9FINO2/c1-7-2-3-9(13)10(4-7)15-6-8(14)5-11(15)12(16)17/h2-6H,1H3,(H,16,17). The van der Waals surface area contributed by atoms with E-state index in [1.54, 1.807) is 18.3 Å². The fraction of sp³-hybridized carbons (Fsp3) is 0.0833. The van der Waals surface area contributed by atoms with Crippen molar-refractivity contribution in [3.63, 3.8) is 0 Å². The van der Waals surface area contributed by atoms with Crippen molar-refractivity contribution in [1.82, 2.24) is 4.57 Å². The van der Waals surface area contributed by atoms with Crippen molar-refractivity contribution >= 4 is 28.6 Å². The summed E-state index contributed by atoms with van der Waals surface area (Å²) in [5, 5.41) is 9.05. The van der Waals surface area contributed by atoms with Gasteiger partial charge in [-0.05, 0) is 53.3 Å². The molecule has 0 saturated heterocycles. The van der Waals surface area contributed by atoms with Gasteiger partial charge in [0, 0.05) is 9.77 Å². The number of carbonyl (C=O) groups is 1. The van der Waals surface area contributed by atoms with Gasteiger partial charge in [0.05, 0.1) is 5.69 Å². The highest BCUT2D eigenvalue weighted by molar-refractivity contribution is 14.1. The molecule has 1 aromatic carbocycles. The predicted octanol–water partition coefficient (Wildman–Crippen LogP) is 3.23. The minimum atomic E-state index is -1.08. The summed E-state index contributed by atoms with van der Waals surface area (Å²) in [6.45, 7) is 1.83. The second-order valence-corrected chi connectivity index (χ2v) is 4.92. The lowest BCUT2D eigenvalue weighted by atomic mass is 10.2. The van der Waals surface area contributed by atoms with E-state index in [0.717, 1.165) is 9.13 Å². The van der Waals surface area contributed by atoms with Gasteiger partial charge >= 0.3 is 5.97 Å². The number of hydrogen-bond acceptors (Lipinski definition) is 1. The van der Waals surface area contributed by atoms with Crippen LogP contribution in [-0.4, -0.2) is 15.6 Å². The van der Waals surface area contributed by atoms with Gasteiger partial charge < -0.3 is 9.67 Å². The maximum Gasteiger partial charge on any atom is 0.352 e. The first-order valence-corrected chi connectivity index (χ1v) is 5.94. The van der Waals surface area contributed by atoms with Crippen LogP contribution < -0.4 is 0 Å². The van der Waals surface area contributed by atoms with Gasteiger partial charge in [-0.15, -0.1) is 0 Å². The third-order valence-corrected chi connectivity index (χ3v) is 2.96. The van der Waals surface area contributed by atoms with Gasteiger partial charge in [-0.1, -0.05) is 6.07 Å². The number of aromatic nitrogens is 1. The van der Waals surface area contributed by atoms with Crippen molar-refractivity contribution in [2.24, 2.45) is 0 Å². The van der Waals surface area contributed by atoms with Crippen LogP contribution in [0.2, 0.25) is 0 Å². The third-order valence-electron chi connectivity index (χ3n) is 2.37. The van der Waals surface area contributed by atoms with Crippen LogP contribution in [0.1, 0.15) is 16.1 Å². The van der Waals surface area contributed by atoms with Crippen molar-refractivity contribution in [2.45, 2.75) is 6.92 Å². The summed E-state index contributed by atoms with van der Waals surface area (Å²) in [4.78, 5) is 11.1. The Morgan fingerprint density at radius 1 is 1.41 bits per heavy atom. The van der Waals surface area contributed by atoms with Crippen molar-refractivity contribution in [1.29, 1.82) is 0 Å². The first-order valence-electron chi connectivity index (χ1n) is 4.87. The summed E-state index contributed by atoms with van der Waals surface area (Å²) >= 11 is 2.00. The molecule has 88 valence electrons. The Bertz CT molecular complexity index is 592. The van der Waals surface area contributed by atoms with Crippen LogP contribution in [0.5, 0.6) is 0 Å². The minimum Gasteiger partial charge on any atom is -0.477 e. The van der Waals surface area contributed by atoms with Crippen LogP contribution in [-0.2, 0) is 0 Å². The van der Waals surface area contributed by atoms with Crippen LogP contribution in [0.15, 0.2) is 30.5 Å². The Balaban J connectivity index is 2.67. The number of aryl methyl sites for hydroxylation is 1. The lowest BCUT2D eigenvalue weighted by molar-refractivity contribution is 0.0688. The summed E-state index contributed by atoms with van der Waals surface area (Å²) in [7, 11) is 0. The average Bonchev–Trinajstić information content (AvgIpc) is 2.64. The van der Waals surface area contributed by atoms with E-state index >= 15 is 0 Å². The molecule has 0 amide bonds. The van der Waals surface area contributed by atoms with Crippen LogP contribution >= 0.6 is 22.6 Å². The quantitative estimate of drug-likeness (QED) is 0.850. The highest BCUT2D eigenvalue weighted by Gasteiger charge is 2.15. The zero-order chi connectivity index (χ0) is 12.6. The smallest absolute Gasteiger partial charge is 0.352 e. The van der Waals surface area contributed by atoms with E-state index in [4.69, 9.17) is 5.11 Å². The molecule has 0 atom stereocenters. The van der Waals surface area contributed by atoms with Gasteiger partial charge in [-0.3, -0.25) is 0 Å². The molecular weight excluding hydrogens is 336 g/mol. The molecule has 0 fully saturated rings. The zero-order valence-corrected chi connectivity index (χ0v) is 11.1. The Morgan fingerprint density at radius 3 is 2.76 bits per heavy atom. The molecule has 0 saturated carbocycles. The lowest BCUT2D eigenvalue weighted by Gasteiger charge is -2.08. The number of halogens is 2. The Morgan fingerprint density at radius 2 is 2.12 bits per heavy atom. The van der Waals surface area contributed by atoms with Crippen molar-refractivity contribution in [3.8, 4) is 5.69 Å². The van der Waals surface area contributed by atoms with Gasteiger partial charge in [-0.2, -0.15) is 0 Å². The molecule has 0 bridgehead atoms. The van der Waals surface area contributed by atoms with Crippen molar-refractivity contribution in [3.05, 3.63) is 51.1 Å². The number of benzene rings is 1. The van der Waals surface area contributed by atoms with E-state index in [9.17, 15) is 9.18 Å². The highest BCUT2D eigenvalue weighted by atomic mass is 127. The second kappa shape index (κ2) is 4.48. The summed E-state index contributed by atoms with van der Waals surface area (Å²) in [5.41, 5.74) is 1.19. The van der Waals surface area contributed by atoms with Gasteiger partial charge in [-0.25, -0.2) is 9.18 Å². The molecule has 0 unspecified atom stereocenters. The summed E-state index contributed by atoms with van der Waals surface area (Å²) in [6, 6.07) is 6.11. The monoisotopic (exact) mass is 345 g/mol. The topological polar surface area (TPSA) is 42.2 Å². The number of hydrogen-bond donors (Lipinski definition) is 1.